The maximum atomic E-state index is 4.25. The van der Waals surface area contributed by atoms with E-state index in [1.165, 1.54) is 116 Å². The molecule has 1 heteroatoms. The number of hydrogen-bond donors (Lipinski definition) is 0. The third-order valence-electron chi connectivity index (χ3n) is 4.51. The molecule has 0 aliphatic heterocycles. The number of unbranched alkanes of at least 4 members (excludes halogenated alkanes) is 17. The SMILES string of the molecule is CCCCCCCCCCCCCCCCCCCC[P]. The molecule has 0 amide bonds. The van der Waals surface area contributed by atoms with Crippen molar-refractivity contribution in [3.8, 4) is 0 Å². The first-order chi connectivity index (χ1) is 10.4. The van der Waals surface area contributed by atoms with Gasteiger partial charge in [0.25, 0.3) is 0 Å². The smallest absolute Gasteiger partial charge is 0.0242 e. The largest absolute Gasteiger partial charge is 0.0654 e. The highest BCUT2D eigenvalue weighted by atomic mass is 31.0. The van der Waals surface area contributed by atoms with E-state index >= 15 is 0 Å². The second-order valence-electron chi connectivity index (χ2n) is 6.73. The van der Waals surface area contributed by atoms with Crippen LogP contribution in [0.15, 0.2) is 0 Å². The van der Waals surface area contributed by atoms with Gasteiger partial charge >= 0.3 is 0 Å². The van der Waals surface area contributed by atoms with Gasteiger partial charge in [0, 0.05) is 0 Å². The summed E-state index contributed by atoms with van der Waals surface area (Å²) in [6.07, 6.45) is 27.2. The highest BCUT2D eigenvalue weighted by Crippen LogP contribution is 2.14. The van der Waals surface area contributed by atoms with E-state index < -0.39 is 0 Å². The molecule has 0 unspecified atom stereocenters. The Morgan fingerprint density at radius 1 is 0.381 bits per heavy atom. The molecule has 0 atom stereocenters. The maximum absolute atomic E-state index is 4.25. The molecule has 0 aromatic carbocycles. The normalized spacial score (nSPS) is 11.1. The summed E-state index contributed by atoms with van der Waals surface area (Å²) in [6, 6.07) is 0. The van der Waals surface area contributed by atoms with Crippen LogP contribution in [-0.2, 0) is 0 Å². The lowest BCUT2D eigenvalue weighted by atomic mass is 10.0. The van der Waals surface area contributed by atoms with Crippen LogP contribution in [0.2, 0.25) is 0 Å². The summed E-state index contributed by atoms with van der Waals surface area (Å²) in [5, 5.41) is 0. The zero-order valence-electron chi connectivity index (χ0n) is 14.9. The van der Waals surface area contributed by atoms with Crippen molar-refractivity contribution >= 4 is 9.24 Å². The van der Waals surface area contributed by atoms with E-state index in [0.29, 0.717) is 0 Å². The van der Waals surface area contributed by atoms with Gasteiger partial charge in [-0.2, -0.15) is 0 Å². The molecule has 2 radical (unpaired) electrons. The Balaban J connectivity index is 2.90. The Morgan fingerprint density at radius 3 is 0.857 bits per heavy atom. The minimum absolute atomic E-state index is 1.07. The minimum Gasteiger partial charge on any atom is -0.0654 e. The van der Waals surface area contributed by atoms with E-state index in [2.05, 4.69) is 16.2 Å². The van der Waals surface area contributed by atoms with Gasteiger partial charge < -0.3 is 0 Å². The van der Waals surface area contributed by atoms with Crippen LogP contribution in [0.5, 0.6) is 0 Å². The second-order valence-corrected chi connectivity index (χ2v) is 7.18. The van der Waals surface area contributed by atoms with Gasteiger partial charge in [0.1, 0.15) is 0 Å². The third-order valence-corrected chi connectivity index (χ3v) is 4.83. The molecule has 0 rings (SSSR count). The quantitative estimate of drug-likeness (QED) is 0.176. The molecule has 0 aromatic rings. The fourth-order valence-corrected chi connectivity index (χ4v) is 3.24. The summed E-state index contributed by atoms with van der Waals surface area (Å²) < 4.78 is 0. The molecule has 0 heterocycles. The Kier molecular flexibility index (Phi) is 20.8. The van der Waals surface area contributed by atoms with Crippen molar-refractivity contribution in [2.75, 3.05) is 6.16 Å². The van der Waals surface area contributed by atoms with Crippen LogP contribution < -0.4 is 0 Å². The summed E-state index contributed by atoms with van der Waals surface area (Å²) in [5.74, 6) is 0. The van der Waals surface area contributed by atoms with Crippen LogP contribution in [0.3, 0.4) is 0 Å². The Bertz CT molecular complexity index is 149. The van der Waals surface area contributed by atoms with Crippen molar-refractivity contribution in [2.45, 2.75) is 122 Å². The van der Waals surface area contributed by atoms with Gasteiger partial charge in [-0.3, -0.25) is 0 Å². The maximum Gasteiger partial charge on any atom is -0.0242 e. The molecule has 0 N–H and O–H groups in total. The van der Waals surface area contributed by atoms with Crippen LogP contribution in [-0.4, -0.2) is 6.16 Å². The van der Waals surface area contributed by atoms with Crippen LogP contribution in [0, 0.1) is 0 Å². The molecule has 0 fully saturated rings. The van der Waals surface area contributed by atoms with Gasteiger partial charge in [0.15, 0.2) is 0 Å². The van der Waals surface area contributed by atoms with Crippen molar-refractivity contribution < 1.29 is 0 Å². The molecule has 0 aliphatic rings. The fraction of sp³-hybridized carbons (Fsp3) is 1.00. The predicted octanol–water partition coefficient (Wildman–Crippen LogP) is 8.44. The molecule has 0 spiro atoms. The van der Waals surface area contributed by atoms with E-state index in [0.717, 1.165) is 6.16 Å². The van der Waals surface area contributed by atoms with Crippen molar-refractivity contribution in [3.05, 3.63) is 0 Å². The summed E-state index contributed by atoms with van der Waals surface area (Å²) in [6.45, 7) is 2.30. The lowest BCUT2D eigenvalue weighted by molar-refractivity contribution is 0.526. The average Bonchev–Trinajstić information content (AvgIpc) is 2.50. The predicted molar refractivity (Wildman–Crippen MR) is 101 cm³/mol. The Morgan fingerprint density at radius 2 is 0.619 bits per heavy atom. The van der Waals surface area contributed by atoms with Gasteiger partial charge in [-0.15, -0.1) is 0 Å². The van der Waals surface area contributed by atoms with Gasteiger partial charge in [0.05, 0.1) is 0 Å². The Labute approximate surface area is 138 Å². The van der Waals surface area contributed by atoms with E-state index in [1.54, 1.807) is 0 Å². The van der Waals surface area contributed by atoms with Crippen molar-refractivity contribution in [2.24, 2.45) is 0 Å². The summed E-state index contributed by atoms with van der Waals surface area (Å²) in [7, 11) is 4.25. The molecule has 0 nitrogen and oxygen atoms in total. The van der Waals surface area contributed by atoms with Gasteiger partial charge in [-0.1, -0.05) is 116 Å². The summed E-state index contributed by atoms with van der Waals surface area (Å²) >= 11 is 0. The summed E-state index contributed by atoms with van der Waals surface area (Å²) in [4.78, 5) is 0. The van der Waals surface area contributed by atoms with Gasteiger partial charge in [-0.25, -0.2) is 0 Å². The van der Waals surface area contributed by atoms with E-state index in [9.17, 15) is 0 Å². The van der Waals surface area contributed by atoms with Crippen molar-refractivity contribution in [1.82, 2.24) is 0 Å². The van der Waals surface area contributed by atoms with Crippen molar-refractivity contribution in [3.63, 3.8) is 0 Å². The lowest BCUT2D eigenvalue weighted by Gasteiger charge is -2.03. The highest BCUT2D eigenvalue weighted by Gasteiger charge is 1.94. The first-order valence-corrected chi connectivity index (χ1v) is 10.7. The van der Waals surface area contributed by atoms with Crippen LogP contribution >= 0.6 is 9.24 Å². The highest BCUT2D eigenvalue weighted by molar-refractivity contribution is 7.16. The number of hydrogen-bond acceptors (Lipinski definition) is 0. The molecule has 0 aromatic heterocycles. The average molecular weight is 313 g/mol. The van der Waals surface area contributed by atoms with Gasteiger partial charge in [-0.05, 0) is 21.8 Å². The van der Waals surface area contributed by atoms with Crippen LogP contribution in [0.1, 0.15) is 122 Å². The summed E-state index contributed by atoms with van der Waals surface area (Å²) in [5.41, 5.74) is 0. The monoisotopic (exact) mass is 312 g/mol. The topological polar surface area (TPSA) is 0 Å². The van der Waals surface area contributed by atoms with E-state index in [-0.39, 0.29) is 0 Å². The minimum atomic E-state index is 1.07. The van der Waals surface area contributed by atoms with Crippen molar-refractivity contribution in [1.29, 1.82) is 0 Å². The molecule has 21 heavy (non-hydrogen) atoms. The Hall–Kier alpha value is 0.430. The first-order valence-electron chi connectivity index (χ1n) is 10.0. The molecule has 0 aliphatic carbocycles. The molecular weight excluding hydrogens is 271 g/mol. The van der Waals surface area contributed by atoms with E-state index in [4.69, 9.17) is 0 Å². The van der Waals surface area contributed by atoms with E-state index in [1.807, 2.05) is 0 Å². The molecule has 0 saturated carbocycles. The van der Waals surface area contributed by atoms with Crippen LogP contribution in [0.4, 0.5) is 0 Å². The number of rotatable bonds is 18. The zero-order valence-corrected chi connectivity index (χ0v) is 15.8. The second kappa shape index (κ2) is 20.4. The first kappa shape index (κ1) is 21.4. The molecule has 126 valence electrons. The molecule has 0 bridgehead atoms. The zero-order chi connectivity index (χ0) is 15.4. The standard InChI is InChI=1S/C20H41P/c1-2-3-4-5-6-7-8-9-10-11-12-13-14-15-16-17-18-19-20-21/h2-20H2,1H3. The lowest BCUT2D eigenvalue weighted by Crippen LogP contribution is -1.84. The third kappa shape index (κ3) is 20.4. The molecular formula is C20H41P. The van der Waals surface area contributed by atoms with Gasteiger partial charge in [0.2, 0.25) is 0 Å². The molecule has 0 saturated heterocycles. The van der Waals surface area contributed by atoms with Crippen LogP contribution in [0.25, 0.3) is 0 Å². The fourth-order valence-electron chi connectivity index (χ4n) is 3.01.